The number of ether oxygens (including phenoxy) is 1. The van der Waals surface area contributed by atoms with Crippen molar-refractivity contribution in [3.63, 3.8) is 0 Å². The summed E-state index contributed by atoms with van der Waals surface area (Å²) >= 11 is 3.36. The Hall–Kier alpha value is -3.00. The lowest BCUT2D eigenvalue weighted by atomic mass is 10.2. The molecule has 2 aromatic carbocycles. The number of benzene rings is 2. The molecule has 0 aliphatic carbocycles. The molecule has 0 aliphatic rings. The highest BCUT2D eigenvalue weighted by molar-refractivity contribution is 9.10. The van der Waals surface area contributed by atoms with E-state index >= 15 is 0 Å². The summed E-state index contributed by atoms with van der Waals surface area (Å²) in [5, 5.41) is 6.48. The van der Waals surface area contributed by atoms with E-state index in [0.29, 0.717) is 17.1 Å². The molecule has 1 N–H and O–H groups in total. The molecule has 8 heteroatoms. The third-order valence-corrected chi connectivity index (χ3v) is 3.84. The van der Waals surface area contributed by atoms with Crippen molar-refractivity contribution in [2.45, 2.75) is 13.5 Å². The first-order valence-electron chi connectivity index (χ1n) is 7.64. The molecule has 0 radical (unpaired) electrons. The summed E-state index contributed by atoms with van der Waals surface area (Å²) in [7, 11) is 0. The van der Waals surface area contributed by atoms with Crippen LogP contribution in [0.1, 0.15) is 23.2 Å². The second-order valence-electron chi connectivity index (χ2n) is 5.36. The van der Waals surface area contributed by atoms with Crippen molar-refractivity contribution in [1.29, 1.82) is 0 Å². The van der Waals surface area contributed by atoms with Crippen LogP contribution in [0.3, 0.4) is 0 Å². The van der Waals surface area contributed by atoms with E-state index in [1.54, 1.807) is 18.2 Å². The molecule has 1 heterocycles. The SMILES string of the molecule is CC(=O)Nc1cccc(C(=O)OCc2nc(-c3ccc(Br)cc3)no2)c1. The van der Waals surface area contributed by atoms with Gasteiger partial charge in [0.25, 0.3) is 5.89 Å². The van der Waals surface area contributed by atoms with Crippen molar-refractivity contribution in [2.24, 2.45) is 0 Å². The Balaban J connectivity index is 1.63. The van der Waals surface area contributed by atoms with Gasteiger partial charge in [0, 0.05) is 22.6 Å². The Kier molecular flexibility index (Phi) is 5.43. The van der Waals surface area contributed by atoms with Gasteiger partial charge in [-0.2, -0.15) is 4.98 Å². The molecule has 132 valence electrons. The lowest BCUT2D eigenvalue weighted by molar-refractivity contribution is -0.114. The highest BCUT2D eigenvalue weighted by atomic mass is 79.9. The van der Waals surface area contributed by atoms with Crippen molar-refractivity contribution in [1.82, 2.24) is 10.1 Å². The van der Waals surface area contributed by atoms with Gasteiger partial charge in [-0.05, 0) is 42.5 Å². The van der Waals surface area contributed by atoms with Crippen LogP contribution in [0, 0.1) is 0 Å². The van der Waals surface area contributed by atoms with E-state index in [0.717, 1.165) is 10.0 Å². The first kappa shape index (κ1) is 17.8. The Morgan fingerprint density at radius 3 is 2.69 bits per heavy atom. The van der Waals surface area contributed by atoms with Gasteiger partial charge < -0.3 is 14.6 Å². The van der Waals surface area contributed by atoms with E-state index in [1.165, 1.54) is 13.0 Å². The summed E-state index contributed by atoms with van der Waals surface area (Å²) in [6.07, 6.45) is 0. The van der Waals surface area contributed by atoms with Crippen LogP contribution in [0.15, 0.2) is 57.5 Å². The summed E-state index contributed by atoms with van der Waals surface area (Å²) < 4.78 is 11.2. The van der Waals surface area contributed by atoms with Crippen molar-refractivity contribution in [3.8, 4) is 11.4 Å². The van der Waals surface area contributed by atoms with Crippen molar-refractivity contribution in [3.05, 3.63) is 64.5 Å². The molecule has 0 saturated carbocycles. The molecular formula is C18H14BrN3O4. The molecule has 0 unspecified atom stereocenters. The fraction of sp³-hybridized carbons (Fsp3) is 0.111. The zero-order chi connectivity index (χ0) is 18.5. The van der Waals surface area contributed by atoms with Gasteiger partial charge in [0.2, 0.25) is 11.7 Å². The quantitative estimate of drug-likeness (QED) is 0.636. The molecule has 1 amide bonds. The highest BCUT2D eigenvalue weighted by Gasteiger charge is 2.13. The number of nitrogens with one attached hydrogen (secondary N) is 1. The number of esters is 1. The zero-order valence-electron chi connectivity index (χ0n) is 13.7. The summed E-state index contributed by atoms with van der Waals surface area (Å²) in [5.74, 6) is -0.173. The van der Waals surface area contributed by atoms with Crippen LogP contribution >= 0.6 is 15.9 Å². The van der Waals surface area contributed by atoms with Crippen LogP contribution in [-0.2, 0) is 16.1 Å². The van der Waals surface area contributed by atoms with Crippen molar-refractivity contribution in [2.75, 3.05) is 5.32 Å². The summed E-state index contributed by atoms with van der Waals surface area (Å²) in [4.78, 5) is 27.4. The van der Waals surface area contributed by atoms with Crippen LogP contribution in [0.2, 0.25) is 0 Å². The maximum Gasteiger partial charge on any atom is 0.338 e. The van der Waals surface area contributed by atoms with Gasteiger partial charge in [0.05, 0.1) is 5.56 Å². The molecule has 3 aromatic rings. The average Bonchev–Trinajstić information content (AvgIpc) is 3.09. The number of nitrogens with zero attached hydrogens (tertiary/aromatic N) is 2. The zero-order valence-corrected chi connectivity index (χ0v) is 15.3. The molecule has 7 nitrogen and oxygen atoms in total. The van der Waals surface area contributed by atoms with Crippen molar-refractivity contribution >= 4 is 33.5 Å². The second-order valence-corrected chi connectivity index (χ2v) is 6.27. The predicted octanol–water partition coefficient (Wildman–Crippen LogP) is 3.81. The Bertz CT molecular complexity index is 938. The monoisotopic (exact) mass is 415 g/mol. The second kappa shape index (κ2) is 7.92. The fourth-order valence-electron chi connectivity index (χ4n) is 2.17. The Morgan fingerprint density at radius 2 is 1.96 bits per heavy atom. The molecule has 0 saturated heterocycles. The summed E-state index contributed by atoms with van der Waals surface area (Å²) in [5.41, 5.74) is 1.61. The number of hydrogen-bond donors (Lipinski definition) is 1. The van der Waals surface area contributed by atoms with E-state index in [1.807, 2.05) is 24.3 Å². The number of amides is 1. The van der Waals surface area contributed by atoms with Crippen LogP contribution in [-0.4, -0.2) is 22.0 Å². The topological polar surface area (TPSA) is 94.3 Å². The molecule has 0 aliphatic heterocycles. The van der Waals surface area contributed by atoms with Gasteiger partial charge >= 0.3 is 5.97 Å². The molecule has 1 aromatic heterocycles. The first-order valence-corrected chi connectivity index (χ1v) is 8.44. The minimum Gasteiger partial charge on any atom is -0.452 e. The third kappa shape index (κ3) is 4.54. The molecule has 0 fully saturated rings. The molecule has 0 atom stereocenters. The highest BCUT2D eigenvalue weighted by Crippen LogP contribution is 2.19. The molecular weight excluding hydrogens is 402 g/mol. The fourth-order valence-corrected chi connectivity index (χ4v) is 2.43. The number of carbonyl (C=O) groups is 2. The molecule has 0 bridgehead atoms. The summed E-state index contributed by atoms with van der Waals surface area (Å²) in [6, 6.07) is 13.9. The third-order valence-electron chi connectivity index (χ3n) is 3.32. The van der Waals surface area contributed by atoms with E-state index in [2.05, 4.69) is 31.4 Å². The number of halogens is 1. The molecule has 26 heavy (non-hydrogen) atoms. The average molecular weight is 416 g/mol. The maximum absolute atomic E-state index is 12.1. The van der Waals surface area contributed by atoms with E-state index in [-0.39, 0.29) is 18.4 Å². The number of anilines is 1. The minimum absolute atomic E-state index is 0.146. The van der Waals surface area contributed by atoms with E-state index in [9.17, 15) is 9.59 Å². The van der Waals surface area contributed by atoms with Crippen molar-refractivity contribution < 1.29 is 18.8 Å². The minimum atomic E-state index is -0.555. The smallest absolute Gasteiger partial charge is 0.338 e. The largest absolute Gasteiger partial charge is 0.452 e. The Labute approximate surface area is 157 Å². The number of rotatable bonds is 5. The number of carbonyl (C=O) groups excluding carboxylic acids is 2. The van der Waals surface area contributed by atoms with Crippen LogP contribution in [0.4, 0.5) is 5.69 Å². The van der Waals surface area contributed by atoms with Gasteiger partial charge in [-0.3, -0.25) is 4.79 Å². The van der Waals surface area contributed by atoms with Gasteiger partial charge in [-0.25, -0.2) is 4.79 Å². The normalized spacial score (nSPS) is 10.4. The lowest BCUT2D eigenvalue weighted by Crippen LogP contribution is -2.09. The van der Waals surface area contributed by atoms with Crippen LogP contribution in [0.25, 0.3) is 11.4 Å². The van der Waals surface area contributed by atoms with E-state index in [4.69, 9.17) is 9.26 Å². The maximum atomic E-state index is 12.1. The number of hydrogen-bond acceptors (Lipinski definition) is 6. The Morgan fingerprint density at radius 1 is 1.19 bits per heavy atom. The molecule has 0 spiro atoms. The van der Waals surface area contributed by atoms with Gasteiger partial charge in [0.15, 0.2) is 6.61 Å². The molecule has 3 rings (SSSR count). The summed E-state index contributed by atoms with van der Waals surface area (Å²) in [6.45, 7) is 1.25. The first-order chi connectivity index (χ1) is 12.5. The van der Waals surface area contributed by atoms with E-state index < -0.39 is 5.97 Å². The standard InChI is InChI=1S/C18H14BrN3O4/c1-11(23)20-15-4-2-3-13(9-15)18(24)25-10-16-21-17(22-26-16)12-5-7-14(19)8-6-12/h2-9H,10H2,1H3,(H,20,23). The number of aromatic nitrogens is 2. The lowest BCUT2D eigenvalue weighted by Gasteiger charge is -2.05. The van der Waals surface area contributed by atoms with Gasteiger partial charge in [-0.1, -0.05) is 27.2 Å². The van der Waals surface area contributed by atoms with Crippen LogP contribution < -0.4 is 5.32 Å². The van der Waals surface area contributed by atoms with Gasteiger partial charge in [-0.15, -0.1) is 0 Å². The predicted molar refractivity (Wildman–Crippen MR) is 97.3 cm³/mol. The van der Waals surface area contributed by atoms with Crippen LogP contribution in [0.5, 0.6) is 0 Å². The van der Waals surface area contributed by atoms with Gasteiger partial charge in [0.1, 0.15) is 0 Å².